The lowest BCUT2D eigenvalue weighted by molar-refractivity contribution is -0.161. The van der Waals surface area contributed by atoms with Gasteiger partial charge in [0, 0.05) is 41.5 Å². The summed E-state index contributed by atoms with van der Waals surface area (Å²) in [4.78, 5) is 42.3. The maximum Gasteiger partial charge on any atom is 0.304 e. The molecule has 2 aliphatic rings. The first-order chi connectivity index (χ1) is 17.1. The van der Waals surface area contributed by atoms with Gasteiger partial charge in [-0.3, -0.25) is 14.4 Å². The lowest BCUT2D eigenvalue weighted by Crippen LogP contribution is -2.58. The first-order valence-electron chi connectivity index (χ1n) is 12.5. The van der Waals surface area contributed by atoms with Gasteiger partial charge in [-0.05, 0) is 54.7 Å². The van der Waals surface area contributed by atoms with Crippen molar-refractivity contribution in [3.63, 3.8) is 0 Å². The maximum absolute atomic E-state index is 14.2. The number of hydrogen-bond acceptors (Lipinski definition) is 3. The van der Waals surface area contributed by atoms with Crippen molar-refractivity contribution in [1.82, 2.24) is 9.80 Å². The summed E-state index contributed by atoms with van der Waals surface area (Å²) in [6.07, 6.45) is 2.05. The highest BCUT2D eigenvalue weighted by Crippen LogP contribution is 2.52. The highest BCUT2D eigenvalue weighted by atomic mass is 35.5. The van der Waals surface area contributed by atoms with E-state index >= 15 is 0 Å². The minimum absolute atomic E-state index is 0.0978. The smallest absolute Gasteiger partial charge is 0.304 e. The lowest BCUT2D eigenvalue weighted by atomic mass is 9.67. The molecule has 0 bridgehead atoms. The van der Waals surface area contributed by atoms with Crippen LogP contribution in [0.15, 0.2) is 48.5 Å². The number of hydrogen-bond donors (Lipinski definition) is 1. The summed E-state index contributed by atoms with van der Waals surface area (Å²) in [6.45, 7) is 4.86. The summed E-state index contributed by atoms with van der Waals surface area (Å²) in [5, 5.41) is 10.9. The van der Waals surface area contributed by atoms with Gasteiger partial charge < -0.3 is 14.9 Å². The minimum atomic E-state index is -1.11. The SMILES string of the molecule is CCC(CN1CCCC1=O)N1C(=O)[C@@](C)(CC(=O)O)CC(c2cccc(Cl)c2)[C@H]1c1ccc(Cl)cc1. The van der Waals surface area contributed by atoms with Gasteiger partial charge in [-0.1, -0.05) is 61.3 Å². The van der Waals surface area contributed by atoms with Crippen LogP contribution in [0.25, 0.3) is 0 Å². The van der Waals surface area contributed by atoms with Crippen molar-refractivity contribution in [3.05, 3.63) is 69.7 Å². The van der Waals surface area contributed by atoms with E-state index in [4.69, 9.17) is 23.2 Å². The number of halogens is 2. The summed E-state index contributed by atoms with van der Waals surface area (Å²) in [7, 11) is 0. The number of likely N-dealkylation sites (tertiary alicyclic amines) is 2. The summed E-state index contributed by atoms with van der Waals surface area (Å²) in [5.74, 6) is -1.30. The van der Waals surface area contributed by atoms with Gasteiger partial charge in [-0.15, -0.1) is 0 Å². The molecule has 1 N–H and O–H groups in total. The van der Waals surface area contributed by atoms with E-state index < -0.39 is 11.4 Å². The van der Waals surface area contributed by atoms with Crippen LogP contribution in [0, 0.1) is 5.41 Å². The van der Waals surface area contributed by atoms with Gasteiger partial charge in [0.05, 0.1) is 17.9 Å². The van der Waals surface area contributed by atoms with E-state index in [1.807, 2.05) is 59.2 Å². The van der Waals surface area contributed by atoms with E-state index in [1.165, 1.54) is 0 Å². The van der Waals surface area contributed by atoms with Crippen molar-refractivity contribution < 1.29 is 19.5 Å². The van der Waals surface area contributed by atoms with Crippen molar-refractivity contribution in [2.45, 2.75) is 64.0 Å². The summed E-state index contributed by atoms with van der Waals surface area (Å²) >= 11 is 12.6. The predicted octanol–water partition coefficient (Wildman–Crippen LogP) is 5.93. The highest BCUT2D eigenvalue weighted by Gasteiger charge is 2.52. The van der Waals surface area contributed by atoms with Crippen LogP contribution in [0.1, 0.15) is 69.0 Å². The number of carbonyl (C=O) groups excluding carboxylic acids is 2. The van der Waals surface area contributed by atoms with Gasteiger partial charge in [-0.2, -0.15) is 0 Å². The number of rotatable bonds is 8. The standard InChI is InChI=1S/C28H32Cl2N2O4/c1-3-22(17-31-13-5-8-24(31)33)32-26(18-9-11-20(29)12-10-18)23(19-6-4-7-21(30)14-19)15-28(2,27(32)36)16-25(34)35/h4,6-7,9-12,14,22-23,26H,3,5,8,13,15-17H2,1-2H3,(H,34,35)/t22?,23?,26-,28-/m1/s1. The lowest BCUT2D eigenvalue weighted by Gasteiger charge is -2.52. The first kappa shape index (κ1) is 26.5. The van der Waals surface area contributed by atoms with Crippen molar-refractivity contribution >= 4 is 41.0 Å². The fraction of sp³-hybridized carbons (Fsp3) is 0.464. The Morgan fingerprint density at radius 3 is 2.42 bits per heavy atom. The second-order valence-electron chi connectivity index (χ2n) is 10.2. The molecule has 0 spiro atoms. The second-order valence-corrected chi connectivity index (χ2v) is 11.1. The van der Waals surface area contributed by atoms with Gasteiger partial charge in [0.2, 0.25) is 11.8 Å². The average Bonchev–Trinajstić information content (AvgIpc) is 3.23. The highest BCUT2D eigenvalue weighted by molar-refractivity contribution is 6.30. The Morgan fingerprint density at radius 2 is 1.83 bits per heavy atom. The molecule has 2 saturated heterocycles. The number of piperidine rings is 1. The largest absolute Gasteiger partial charge is 0.481 e. The van der Waals surface area contributed by atoms with Gasteiger partial charge >= 0.3 is 5.97 Å². The Labute approximate surface area is 222 Å². The fourth-order valence-electron chi connectivity index (χ4n) is 5.85. The second kappa shape index (κ2) is 10.8. The van der Waals surface area contributed by atoms with E-state index in [0.29, 0.717) is 42.4 Å². The third-order valence-electron chi connectivity index (χ3n) is 7.60. The summed E-state index contributed by atoms with van der Waals surface area (Å²) in [6, 6.07) is 14.4. The number of carbonyl (C=O) groups is 3. The molecule has 0 aromatic heterocycles. The first-order valence-corrected chi connectivity index (χ1v) is 13.2. The van der Waals surface area contributed by atoms with E-state index in [-0.39, 0.29) is 36.2 Å². The molecular formula is C28H32Cl2N2O4. The summed E-state index contributed by atoms with van der Waals surface area (Å²) in [5.41, 5.74) is 0.759. The van der Waals surface area contributed by atoms with E-state index in [2.05, 4.69) is 0 Å². The Balaban J connectivity index is 1.87. The molecule has 0 saturated carbocycles. The van der Waals surface area contributed by atoms with Crippen LogP contribution in [0.3, 0.4) is 0 Å². The topological polar surface area (TPSA) is 77.9 Å². The Morgan fingerprint density at radius 1 is 1.11 bits per heavy atom. The molecule has 192 valence electrons. The normalized spacial score (nSPS) is 25.3. The van der Waals surface area contributed by atoms with Crippen LogP contribution in [0.2, 0.25) is 10.0 Å². The zero-order valence-electron chi connectivity index (χ0n) is 20.6. The molecule has 2 heterocycles. The third kappa shape index (κ3) is 5.40. The van der Waals surface area contributed by atoms with Crippen LogP contribution >= 0.6 is 23.2 Å². The molecule has 8 heteroatoms. The molecule has 4 atom stereocenters. The zero-order valence-corrected chi connectivity index (χ0v) is 22.1. The number of carboxylic acid groups (broad SMARTS) is 1. The van der Waals surface area contributed by atoms with Crippen molar-refractivity contribution in [2.75, 3.05) is 13.1 Å². The van der Waals surface area contributed by atoms with Gasteiger partial charge in [-0.25, -0.2) is 0 Å². The number of amides is 2. The molecule has 6 nitrogen and oxygen atoms in total. The van der Waals surface area contributed by atoms with Crippen LogP contribution in [-0.4, -0.2) is 51.8 Å². The number of benzene rings is 2. The van der Waals surface area contributed by atoms with E-state index in [0.717, 1.165) is 17.5 Å². The van der Waals surface area contributed by atoms with Crippen molar-refractivity contribution in [1.29, 1.82) is 0 Å². The maximum atomic E-state index is 14.2. The summed E-state index contributed by atoms with van der Waals surface area (Å²) < 4.78 is 0. The van der Waals surface area contributed by atoms with Crippen molar-refractivity contribution in [2.24, 2.45) is 5.41 Å². The third-order valence-corrected chi connectivity index (χ3v) is 8.09. The van der Waals surface area contributed by atoms with Crippen LogP contribution < -0.4 is 0 Å². The molecular weight excluding hydrogens is 499 g/mol. The molecule has 2 aliphatic heterocycles. The molecule has 36 heavy (non-hydrogen) atoms. The van der Waals surface area contributed by atoms with Crippen LogP contribution in [0.5, 0.6) is 0 Å². The molecule has 0 radical (unpaired) electrons. The number of aliphatic carboxylic acids is 1. The Hall–Kier alpha value is -2.57. The molecule has 2 aromatic rings. The van der Waals surface area contributed by atoms with Gasteiger partial charge in [0.15, 0.2) is 0 Å². The molecule has 0 aliphatic carbocycles. The van der Waals surface area contributed by atoms with Gasteiger partial charge in [0.25, 0.3) is 0 Å². The molecule has 2 unspecified atom stereocenters. The molecule has 2 amide bonds. The van der Waals surface area contributed by atoms with Crippen molar-refractivity contribution in [3.8, 4) is 0 Å². The average molecular weight is 531 g/mol. The predicted molar refractivity (Wildman–Crippen MR) is 140 cm³/mol. The quantitative estimate of drug-likeness (QED) is 0.458. The number of carboxylic acids is 1. The minimum Gasteiger partial charge on any atom is -0.481 e. The van der Waals surface area contributed by atoms with Crippen LogP contribution in [-0.2, 0) is 14.4 Å². The molecule has 2 fully saturated rings. The van der Waals surface area contributed by atoms with Crippen LogP contribution in [0.4, 0.5) is 0 Å². The monoisotopic (exact) mass is 530 g/mol. The Bertz CT molecular complexity index is 1140. The zero-order chi connectivity index (χ0) is 26.0. The Kier molecular flexibility index (Phi) is 7.96. The van der Waals surface area contributed by atoms with E-state index in [9.17, 15) is 19.5 Å². The number of nitrogens with zero attached hydrogens (tertiary/aromatic N) is 2. The molecule has 2 aromatic carbocycles. The van der Waals surface area contributed by atoms with Gasteiger partial charge in [0.1, 0.15) is 0 Å². The fourth-order valence-corrected chi connectivity index (χ4v) is 6.17. The molecule has 4 rings (SSSR count). The van der Waals surface area contributed by atoms with E-state index in [1.54, 1.807) is 13.0 Å².